The van der Waals surface area contributed by atoms with Crippen molar-refractivity contribution in [1.29, 1.82) is 0 Å². The lowest BCUT2D eigenvalue weighted by Crippen LogP contribution is -2.42. The zero-order valence-corrected chi connectivity index (χ0v) is 15.6. The van der Waals surface area contributed by atoms with E-state index in [4.69, 9.17) is 4.74 Å². The van der Waals surface area contributed by atoms with Crippen LogP contribution in [0.25, 0.3) is 5.52 Å². The summed E-state index contributed by atoms with van der Waals surface area (Å²) in [6.07, 6.45) is 2.68. The number of nitrogens with zero attached hydrogens (tertiary/aromatic N) is 3. The van der Waals surface area contributed by atoms with Crippen LogP contribution in [0.4, 0.5) is 4.39 Å². The van der Waals surface area contributed by atoms with E-state index in [1.165, 1.54) is 17.8 Å². The predicted molar refractivity (Wildman–Crippen MR) is 104 cm³/mol. The van der Waals surface area contributed by atoms with Gasteiger partial charge in [-0.2, -0.15) is 5.10 Å². The van der Waals surface area contributed by atoms with E-state index in [9.17, 15) is 9.50 Å². The number of aliphatic hydroxyl groups is 1. The van der Waals surface area contributed by atoms with Crippen LogP contribution >= 0.6 is 0 Å². The van der Waals surface area contributed by atoms with E-state index < -0.39 is 6.10 Å². The van der Waals surface area contributed by atoms with Gasteiger partial charge in [-0.1, -0.05) is 6.07 Å². The fourth-order valence-electron chi connectivity index (χ4n) is 4.79. The SMILES string of the molecule is O[C@@H]1C[C@H]2CN(Cc3cccc4ccnn34)C[C@H]2C[C@H]1Oc1ccc(F)cc1. The minimum Gasteiger partial charge on any atom is -0.488 e. The van der Waals surface area contributed by atoms with E-state index in [1.807, 2.05) is 16.8 Å². The molecule has 0 radical (unpaired) electrons. The zero-order chi connectivity index (χ0) is 19.1. The van der Waals surface area contributed by atoms with Gasteiger partial charge in [-0.3, -0.25) is 4.90 Å². The molecule has 1 N–H and O–H groups in total. The Kier molecular flexibility index (Phi) is 4.53. The number of hydrogen-bond donors (Lipinski definition) is 1. The number of benzene rings is 1. The molecule has 2 aliphatic rings. The molecule has 0 bridgehead atoms. The van der Waals surface area contributed by atoms with E-state index >= 15 is 0 Å². The van der Waals surface area contributed by atoms with Crippen LogP contribution in [0.2, 0.25) is 0 Å². The quantitative estimate of drug-likeness (QED) is 0.754. The number of fused-ring (bicyclic) bond motifs is 2. The summed E-state index contributed by atoms with van der Waals surface area (Å²) in [5.74, 6) is 1.32. The first-order chi connectivity index (χ1) is 13.7. The molecule has 2 aromatic heterocycles. The molecule has 1 saturated carbocycles. The third kappa shape index (κ3) is 3.38. The summed E-state index contributed by atoms with van der Waals surface area (Å²) >= 11 is 0. The van der Waals surface area contributed by atoms with Gasteiger partial charge in [0, 0.05) is 25.8 Å². The summed E-state index contributed by atoms with van der Waals surface area (Å²) in [5.41, 5.74) is 2.29. The number of rotatable bonds is 4. The first-order valence-corrected chi connectivity index (χ1v) is 9.90. The second-order valence-corrected chi connectivity index (χ2v) is 8.05. The molecule has 4 atom stereocenters. The monoisotopic (exact) mass is 381 g/mol. The highest BCUT2D eigenvalue weighted by atomic mass is 19.1. The Labute approximate surface area is 163 Å². The second-order valence-electron chi connectivity index (χ2n) is 8.05. The Morgan fingerprint density at radius 3 is 2.64 bits per heavy atom. The average Bonchev–Trinajstić information content (AvgIpc) is 3.31. The fourth-order valence-corrected chi connectivity index (χ4v) is 4.79. The van der Waals surface area contributed by atoms with Crippen LogP contribution in [-0.2, 0) is 6.54 Å². The van der Waals surface area contributed by atoms with Gasteiger partial charge in [0.25, 0.3) is 0 Å². The fraction of sp³-hybridized carbons (Fsp3) is 0.409. The lowest BCUT2D eigenvalue weighted by molar-refractivity contribution is -0.0231. The van der Waals surface area contributed by atoms with Gasteiger partial charge in [-0.25, -0.2) is 8.91 Å². The number of halogens is 1. The second kappa shape index (κ2) is 7.18. The normalized spacial score (nSPS) is 27.8. The molecule has 0 spiro atoms. The molecular weight excluding hydrogens is 357 g/mol. The van der Waals surface area contributed by atoms with Gasteiger partial charge in [-0.15, -0.1) is 0 Å². The lowest BCUT2D eigenvalue weighted by Gasteiger charge is -2.35. The molecule has 1 aromatic carbocycles. The third-order valence-electron chi connectivity index (χ3n) is 6.15. The van der Waals surface area contributed by atoms with Gasteiger partial charge in [0.05, 0.1) is 17.3 Å². The number of aliphatic hydroxyl groups excluding tert-OH is 1. The first-order valence-electron chi connectivity index (χ1n) is 9.90. The Morgan fingerprint density at radius 1 is 1.04 bits per heavy atom. The van der Waals surface area contributed by atoms with Crippen molar-refractivity contribution in [2.45, 2.75) is 31.6 Å². The molecule has 146 valence electrons. The molecule has 3 heterocycles. The van der Waals surface area contributed by atoms with E-state index in [-0.39, 0.29) is 11.9 Å². The highest BCUT2D eigenvalue weighted by molar-refractivity contribution is 5.46. The Hall–Kier alpha value is -2.44. The lowest BCUT2D eigenvalue weighted by atomic mass is 9.78. The molecule has 2 fully saturated rings. The van der Waals surface area contributed by atoms with Crippen molar-refractivity contribution >= 4 is 5.52 Å². The van der Waals surface area contributed by atoms with Gasteiger partial charge >= 0.3 is 0 Å². The van der Waals surface area contributed by atoms with Crippen LogP contribution in [0.1, 0.15) is 18.5 Å². The molecule has 6 heteroatoms. The molecule has 1 aliphatic carbocycles. The molecule has 1 aliphatic heterocycles. The molecule has 5 nitrogen and oxygen atoms in total. The molecule has 1 saturated heterocycles. The maximum Gasteiger partial charge on any atom is 0.125 e. The van der Waals surface area contributed by atoms with Crippen LogP contribution in [0.5, 0.6) is 5.75 Å². The number of ether oxygens (including phenoxy) is 1. The van der Waals surface area contributed by atoms with Crippen LogP contribution in [0, 0.1) is 17.7 Å². The maximum atomic E-state index is 13.1. The number of pyridine rings is 1. The molecule has 28 heavy (non-hydrogen) atoms. The molecular formula is C22H24FN3O2. The number of hydrogen-bond acceptors (Lipinski definition) is 4. The Morgan fingerprint density at radius 2 is 1.82 bits per heavy atom. The van der Waals surface area contributed by atoms with E-state index in [1.54, 1.807) is 12.1 Å². The summed E-state index contributed by atoms with van der Waals surface area (Å²) in [5, 5.41) is 15.0. The Bertz CT molecular complexity index is 958. The number of likely N-dealkylation sites (tertiary alicyclic amines) is 1. The van der Waals surface area contributed by atoms with E-state index in [0.717, 1.165) is 38.0 Å². The molecule has 0 unspecified atom stereocenters. The highest BCUT2D eigenvalue weighted by Crippen LogP contribution is 2.38. The van der Waals surface area contributed by atoms with E-state index in [2.05, 4.69) is 28.2 Å². The van der Waals surface area contributed by atoms with Gasteiger partial charge in [-0.05, 0) is 67.1 Å². The van der Waals surface area contributed by atoms with Gasteiger partial charge in [0.1, 0.15) is 17.7 Å². The number of aromatic nitrogens is 2. The van der Waals surface area contributed by atoms with Crippen molar-refractivity contribution in [1.82, 2.24) is 14.5 Å². The summed E-state index contributed by atoms with van der Waals surface area (Å²) in [6, 6.07) is 14.3. The van der Waals surface area contributed by atoms with Gasteiger partial charge in [0.15, 0.2) is 0 Å². The standard InChI is InChI=1S/C22H24FN3O2/c23-17-4-6-20(7-5-17)28-22-11-16-13-25(12-15(16)10-21(22)27)14-19-3-1-2-18-8-9-24-26(18)19/h1-9,15-16,21-22,27H,10-14H2/t15-,16+,21+,22+/m0/s1. The summed E-state index contributed by atoms with van der Waals surface area (Å²) in [7, 11) is 0. The first kappa shape index (κ1) is 17.6. The zero-order valence-electron chi connectivity index (χ0n) is 15.6. The predicted octanol–water partition coefficient (Wildman–Crippen LogP) is 3.12. The van der Waals surface area contributed by atoms with Crippen molar-refractivity contribution < 1.29 is 14.2 Å². The third-order valence-corrected chi connectivity index (χ3v) is 6.15. The smallest absolute Gasteiger partial charge is 0.125 e. The topological polar surface area (TPSA) is 50.0 Å². The van der Waals surface area contributed by atoms with Gasteiger partial charge in [0.2, 0.25) is 0 Å². The van der Waals surface area contributed by atoms with E-state index in [0.29, 0.717) is 17.6 Å². The summed E-state index contributed by atoms with van der Waals surface area (Å²) < 4.78 is 21.1. The van der Waals surface area contributed by atoms with Crippen LogP contribution < -0.4 is 4.74 Å². The minimum absolute atomic E-state index is 0.235. The summed E-state index contributed by atoms with van der Waals surface area (Å²) in [6.45, 7) is 2.84. The highest BCUT2D eigenvalue weighted by Gasteiger charge is 2.42. The van der Waals surface area contributed by atoms with Gasteiger partial charge < -0.3 is 9.84 Å². The molecule has 3 aromatic rings. The maximum absolute atomic E-state index is 13.1. The molecule has 5 rings (SSSR count). The van der Waals surface area contributed by atoms with Crippen molar-refractivity contribution in [2.75, 3.05) is 13.1 Å². The largest absolute Gasteiger partial charge is 0.488 e. The van der Waals surface area contributed by atoms with Crippen LogP contribution in [0.15, 0.2) is 54.7 Å². The van der Waals surface area contributed by atoms with Crippen molar-refractivity contribution in [3.63, 3.8) is 0 Å². The van der Waals surface area contributed by atoms with Crippen molar-refractivity contribution in [3.05, 3.63) is 66.2 Å². The van der Waals surface area contributed by atoms with Crippen LogP contribution in [0.3, 0.4) is 0 Å². The summed E-state index contributed by atoms with van der Waals surface area (Å²) in [4.78, 5) is 2.46. The Balaban J connectivity index is 1.25. The van der Waals surface area contributed by atoms with Crippen LogP contribution in [-0.4, -0.2) is 44.9 Å². The van der Waals surface area contributed by atoms with Crippen molar-refractivity contribution in [2.24, 2.45) is 11.8 Å². The molecule has 0 amide bonds. The van der Waals surface area contributed by atoms with Crippen molar-refractivity contribution in [3.8, 4) is 5.75 Å². The minimum atomic E-state index is -0.485. The average molecular weight is 381 g/mol.